The lowest BCUT2D eigenvalue weighted by Gasteiger charge is -2.33. The molecule has 4 heteroatoms. The third-order valence-electron chi connectivity index (χ3n) is 3.62. The van der Waals surface area contributed by atoms with Crippen LogP contribution in [-0.4, -0.2) is 25.4 Å². The van der Waals surface area contributed by atoms with E-state index in [4.69, 9.17) is 9.84 Å². The Morgan fingerprint density at radius 3 is 2.52 bits per heavy atom. The maximum atomic E-state index is 9.17. The van der Waals surface area contributed by atoms with Gasteiger partial charge >= 0.3 is 0 Å². The standard InChI is InChI=1S/C17H19NO2S/c1-12-4-6-14-16(10-12)21-17-11-13(20-2)5-7-15(17)18(14)8-3-9-19/h4-7,10-11,19H,3,8-9H2,1-2H3. The number of aryl methyl sites for hydroxylation is 1. The molecule has 3 nitrogen and oxygen atoms in total. The van der Waals surface area contributed by atoms with Gasteiger partial charge in [0, 0.05) is 22.9 Å². The summed E-state index contributed by atoms with van der Waals surface area (Å²) in [6.45, 7) is 3.13. The smallest absolute Gasteiger partial charge is 0.120 e. The van der Waals surface area contributed by atoms with Crippen LogP contribution in [0.1, 0.15) is 12.0 Å². The summed E-state index contributed by atoms with van der Waals surface area (Å²) < 4.78 is 5.34. The Morgan fingerprint density at radius 2 is 1.81 bits per heavy atom. The highest BCUT2D eigenvalue weighted by molar-refractivity contribution is 7.99. The molecular formula is C17H19NO2S. The summed E-state index contributed by atoms with van der Waals surface area (Å²) in [5.41, 5.74) is 3.66. The summed E-state index contributed by atoms with van der Waals surface area (Å²) in [6, 6.07) is 12.7. The quantitative estimate of drug-likeness (QED) is 0.925. The Hall–Kier alpha value is -1.65. The lowest BCUT2D eigenvalue weighted by molar-refractivity contribution is 0.290. The lowest BCUT2D eigenvalue weighted by atomic mass is 10.1. The van der Waals surface area contributed by atoms with Crippen molar-refractivity contribution in [3.63, 3.8) is 0 Å². The van der Waals surface area contributed by atoms with Crippen LogP contribution in [0.3, 0.4) is 0 Å². The molecule has 1 aliphatic rings. The van der Waals surface area contributed by atoms with E-state index in [0.29, 0.717) is 0 Å². The summed E-state index contributed by atoms with van der Waals surface area (Å²) in [5, 5.41) is 9.17. The predicted molar refractivity (Wildman–Crippen MR) is 87.0 cm³/mol. The van der Waals surface area contributed by atoms with E-state index >= 15 is 0 Å². The first kappa shape index (κ1) is 14.3. The van der Waals surface area contributed by atoms with E-state index in [2.05, 4.69) is 42.2 Å². The molecule has 1 heterocycles. The van der Waals surface area contributed by atoms with Crippen LogP contribution >= 0.6 is 11.8 Å². The van der Waals surface area contributed by atoms with Gasteiger partial charge in [0.05, 0.1) is 18.5 Å². The zero-order chi connectivity index (χ0) is 14.8. The molecule has 0 unspecified atom stereocenters. The van der Waals surface area contributed by atoms with E-state index in [-0.39, 0.29) is 6.61 Å². The minimum Gasteiger partial charge on any atom is -0.497 e. The maximum absolute atomic E-state index is 9.17. The molecular weight excluding hydrogens is 282 g/mol. The highest BCUT2D eigenvalue weighted by Gasteiger charge is 2.23. The second kappa shape index (κ2) is 6.00. The number of nitrogens with zero attached hydrogens (tertiary/aromatic N) is 1. The molecule has 0 fully saturated rings. The molecule has 2 aromatic rings. The highest BCUT2D eigenvalue weighted by atomic mass is 32.2. The number of hydrogen-bond acceptors (Lipinski definition) is 4. The second-order valence-corrected chi connectivity index (χ2v) is 6.22. The van der Waals surface area contributed by atoms with Gasteiger partial charge in [0.25, 0.3) is 0 Å². The van der Waals surface area contributed by atoms with Gasteiger partial charge in [-0.2, -0.15) is 0 Å². The average molecular weight is 301 g/mol. The summed E-state index contributed by atoms with van der Waals surface area (Å²) >= 11 is 1.78. The van der Waals surface area contributed by atoms with E-state index < -0.39 is 0 Å². The molecule has 0 aliphatic carbocycles. The molecule has 21 heavy (non-hydrogen) atoms. The number of benzene rings is 2. The highest BCUT2D eigenvalue weighted by Crippen LogP contribution is 2.49. The van der Waals surface area contributed by atoms with Crippen LogP contribution < -0.4 is 9.64 Å². The van der Waals surface area contributed by atoms with Gasteiger partial charge in [0.1, 0.15) is 5.75 Å². The first-order valence-electron chi connectivity index (χ1n) is 7.08. The minimum absolute atomic E-state index is 0.205. The van der Waals surface area contributed by atoms with Gasteiger partial charge in [0.2, 0.25) is 0 Å². The zero-order valence-electron chi connectivity index (χ0n) is 12.3. The Morgan fingerprint density at radius 1 is 1.10 bits per heavy atom. The van der Waals surface area contributed by atoms with E-state index in [0.717, 1.165) is 18.7 Å². The number of aliphatic hydroxyl groups excluding tert-OH is 1. The number of hydrogen-bond donors (Lipinski definition) is 1. The van der Waals surface area contributed by atoms with Gasteiger partial charge in [-0.05, 0) is 49.2 Å². The SMILES string of the molecule is COc1ccc2c(c1)Sc1cc(C)ccc1N2CCCO. The van der Waals surface area contributed by atoms with Gasteiger partial charge in [-0.3, -0.25) is 0 Å². The molecule has 1 aliphatic heterocycles. The molecule has 110 valence electrons. The van der Waals surface area contributed by atoms with Crippen LogP contribution in [0.4, 0.5) is 11.4 Å². The molecule has 0 radical (unpaired) electrons. The van der Waals surface area contributed by atoms with Crippen molar-refractivity contribution in [3.05, 3.63) is 42.0 Å². The van der Waals surface area contributed by atoms with Crippen LogP contribution in [0.5, 0.6) is 5.75 Å². The average Bonchev–Trinajstić information content (AvgIpc) is 2.50. The molecule has 0 aromatic heterocycles. The van der Waals surface area contributed by atoms with Crippen LogP contribution in [0.2, 0.25) is 0 Å². The van der Waals surface area contributed by atoms with Crippen molar-refractivity contribution in [2.75, 3.05) is 25.2 Å². The van der Waals surface area contributed by atoms with Crippen molar-refractivity contribution in [3.8, 4) is 5.75 Å². The maximum Gasteiger partial charge on any atom is 0.120 e. The monoisotopic (exact) mass is 301 g/mol. The van der Waals surface area contributed by atoms with Crippen LogP contribution in [0.15, 0.2) is 46.2 Å². The number of fused-ring (bicyclic) bond motifs is 2. The molecule has 3 rings (SSSR count). The molecule has 0 spiro atoms. The summed E-state index contributed by atoms with van der Waals surface area (Å²) in [7, 11) is 1.69. The fourth-order valence-corrected chi connectivity index (χ4v) is 3.79. The van der Waals surface area contributed by atoms with Crippen molar-refractivity contribution in [1.82, 2.24) is 0 Å². The van der Waals surface area contributed by atoms with E-state index in [9.17, 15) is 0 Å². The molecule has 2 aromatic carbocycles. The molecule has 0 saturated carbocycles. The fraction of sp³-hybridized carbons (Fsp3) is 0.294. The third-order valence-corrected chi connectivity index (χ3v) is 4.72. The lowest BCUT2D eigenvalue weighted by Crippen LogP contribution is -2.22. The molecule has 0 amide bonds. The van der Waals surface area contributed by atoms with Crippen molar-refractivity contribution >= 4 is 23.1 Å². The number of methoxy groups -OCH3 is 1. The third kappa shape index (κ3) is 2.74. The molecule has 0 saturated heterocycles. The molecule has 0 atom stereocenters. The van der Waals surface area contributed by atoms with E-state index in [1.807, 2.05) is 6.07 Å². The summed E-state index contributed by atoms with van der Waals surface area (Å²) in [4.78, 5) is 4.75. The number of anilines is 2. The Balaban J connectivity index is 2.07. The Kier molecular flexibility index (Phi) is 4.08. The van der Waals surface area contributed by atoms with Gasteiger partial charge in [-0.25, -0.2) is 0 Å². The summed E-state index contributed by atoms with van der Waals surface area (Å²) in [5.74, 6) is 0.875. The predicted octanol–water partition coefficient (Wildman–Crippen LogP) is 3.99. The number of ether oxygens (including phenoxy) is 1. The van der Waals surface area contributed by atoms with Crippen molar-refractivity contribution in [2.45, 2.75) is 23.1 Å². The normalized spacial score (nSPS) is 12.8. The van der Waals surface area contributed by atoms with Gasteiger partial charge in [0.15, 0.2) is 0 Å². The van der Waals surface area contributed by atoms with Crippen LogP contribution in [0, 0.1) is 6.92 Å². The molecule has 0 bridgehead atoms. The fourth-order valence-electron chi connectivity index (χ4n) is 2.57. The topological polar surface area (TPSA) is 32.7 Å². The second-order valence-electron chi connectivity index (χ2n) is 5.14. The Bertz CT molecular complexity index is 657. The van der Waals surface area contributed by atoms with E-state index in [1.165, 1.54) is 26.7 Å². The number of aliphatic hydroxyl groups is 1. The zero-order valence-corrected chi connectivity index (χ0v) is 13.1. The van der Waals surface area contributed by atoms with Gasteiger partial charge in [-0.1, -0.05) is 17.8 Å². The van der Waals surface area contributed by atoms with Crippen molar-refractivity contribution in [2.24, 2.45) is 0 Å². The van der Waals surface area contributed by atoms with Gasteiger partial charge in [-0.15, -0.1) is 0 Å². The Labute approximate surface area is 129 Å². The summed E-state index contributed by atoms with van der Waals surface area (Å²) in [6.07, 6.45) is 0.753. The van der Waals surface area contributed by atoms with E-state index in [1.54, 1.807) is 18.9 Å². The minimum atomic E-state index is 0.205. The molecule has 1 N–H and O–H groups in total. The van der Waals surface area contributed by atoms with Crippen molar-refractivity contribution in [1.29, 1.82) is 0 Å². The number of rotatable bonds is 4. The van der Waals surface area contributed by atoms with Gasteiger partial charge < -0.3 is 14.7 Å². The van der Waals surface area contributed by atoms with Crippen molar-refractivity contribution < 1.29 is 9.84 Å². The largest absolute Gasteiger partial charge is 0.497 e. The van der Waals surface area contributed by atoms with Crippen LogP contribution in [-0.2, 0) is 0 Å². The first-order chi connectivity index (χ1) is 10.2. The first-order valence-corrected chi connectivity index (χ1v) is 7.89. The van der Waals surface area contributed by atoms with Crippen LogP contribution in [0.25, 0.3) is 0 Å².